The number of hydrogen-bond donors (Lipinski definition) is 2. The number of anilines is 2. The minimum absolute atomic E-state index is 0.237. The number of likely N-dealkylation sites (N-methyl/N-ethyl adjacent to an activating group) is 1. The molecular formula is C27H22ClN5OS. The number of carbonyl (C=O) groups excluding carboxylic acids is 1. The van der Waals surface area contributed by atoms with Gasteiger partial charge in [0.15, 0.2) is 5.11 Å². The zero-order chi connectivity index (χ0) is 24.5. The van der Waals surface area contributed by atoms with Gasteiger partial charge in [0.25, 0.3) is 5.91 Å². The highest BCUT2D eigenvalue weighted by molar-refractivity contribution is 7.80. The summed E-state index contributed by atoms with van der Waals surface area (Å²) in [5.74, 6) is -0.237. The smallest absolute Gasteiger partial charge is 0.272 e. The van der Waals surface area contributed by atoms with Gasteiger partial charge in [0.1, 0.15) is 0 Å². The van der Waals surface area contributed by atoms with E-state index >= 15 is 0 Å². The summed E-state index contributed by atoms with van der Waals surface area (Å²) in [6.45, 7) is 1.93. The van der Waals surface area contributed by atoms with Crippen LogP contribution in [-0.4, -0.2) is 34.9 Å². The van der Waals surface area contributed by atoms with E-state index in [0.717, 1.165) is 39.1 Å². The van der Waals surface area contributed by atoms with Crippen molar-refractivity contribution < 1.29 is 4.79 Å². The molecule has 8 heteroatoms. The van der Waals surface area contributed by atoms with Crippen molar-refractivity contribution in [3.05, 3.63) is 101 Å². The maximum atomic E-state index is 13.5. The van der Waals surface area contributed by atoms with Gasteiger partial charge in [-0.1, -0.05) is 60.1 Å². The van der Waals surface area contributed by atoms with E-state index in [1.54, 1.807) is 18.0 Å². The number of aryl methyl sites for hydroxylation is 1. The number of nitrogens with zero attached hydrogens (tertiary/aromatic N) is 3. The maximum Gasteiger partial charge on any atom is 0.272 e. The fourth-order valence-corrected chi connectivity index (χ4v) is 4.55. The number of benzene rings is 3. The quantitative estimate of drug-likeness (QED) is 0.373. The highest BCUT2D eigenvalue weighted by atomic mass is 35.5. The fourth-order valence-electron chi connectivity index (χ4n) is 4.16. The Morgan fingerprint density at radius 3 is 2.57 bits per heavy atom. The van der Waals surface area contributed by atoms with Gasteiger partial charge in [-0.15, -0.1) is 0 Å². The lowest BCUT2D eigenvalue weighted by atomic mass is 10.0. The number of para-hydroxylation sites is 1. The van der Waals surface area contributed by atoms with E-state index < -0.39 is 6.17 Å². The molecule has 4 aromatic rings. The molecule has 174 valence electrons. The van der Waals surface area contributed by atoms with E-state index in [1.807, 2.05) is 79.7 Å². The number of pyridine rings is 1. The third-order valence-corrected chi connectivity index (χ3v) is 6.26. The van der Waals surface area contributed by atoms with Gasteiger partial charge in [-0.05, 0) is 49.5 Å². The summed E-state index contributed by atoms with van der Waals surface area (Å²) in [5, 5.41) is 8.13. The molecule has 1 unspecified atom stereocenters. The van der Waals surface area contributed by atoms with Gasteiger partial charge in [-0.2, -0.15) is 0 Å². The molecule has 0 bridgehead atoms. The Balaban J connectivity index is 1.52. The molecule has 35 heavy (non-hydrogen) atoms. The Hall–Kier alpha value is -3.81. The number of fused-ring (bicyclic) bond motifs is 2. The lowest BCUT2D eigenvalue weighted by Crippen LogP contribution is -2.47. The second-order valence-electron chi connectivity index (χ2n) is 8.23. The summed E-state index contributed by atoms with van der Waals surface area (Å²) in [6.07, 6.45) is -0.935. The van der Waals surface area contributed by atoms with Crippen LogP contribution >= 0.6 is 23.8 Å². The monoisotopic (exact) mass is 499 g/mol. The van der Waals surface area contributed by atoms with Crippen molar-refractivity contribution in [2.75, 3.05) is 17.3 Å². The van der Waals surface area contributed by atoms with Crippen molar-refractivity contribution in [2.45, 2.75) is 13.1 Å². The van der Waals surface area contributed by atoms with Crippen LogP contribution in [0.25, 0.3) is 10.9 Å². The number of benzodiazepines with no additional fused rings is 1. The minimum atomic E-state index is -0.935. The second-order valence-corrected chi connectivity index (χ2v) is 9.08. The number of carbonyl (C=O) groups is 1. The van der Waals surface area contributed by atoms with Crippen LogP contribution in [0.4, 0.5) is 11.4 Å². The zero-order valence-corrected chi connectivity index (χ0v) is 20.7. The van der Waals surface area contributed by atoms with Gasteiger partial charge in [-0.25, -0.2) is 4.99 Å². The zero-order valence-electron chi connectivity index (χ0n) is 19.1. The molecule has 1 amide bonds. The van der Waals surface area contributed by atoms with Crippen molar-refractivity contribution in [3.8, 4) is 0 Å². The molecule has 0 fully saturated rings. The van der Waals surface area contributed by atoms with Crippen LogP contribution in [0.5, 0.6) is 0 Å². The van der Waals surface area contributed by atoms with E-state index in [9.17, 15) is 4.79 Å². The van der Waals surface area contributed by atoms with Crippen LogP contribution in [0.15, 0.2) is 83.9 Å². The first-order valence-corrected chi connectivity index (χ1v) is 11.8. The number of hydrogen-bond acceptors (Lipinski definition) is 4. The van der Waals surface area contributed by atoms with Crippen molar-refractivity contribution in [3.63, 3.8) is 0 Å². The standard InChI is InChI=1S/C27H22ClN5OS/c1-16-14-22(19-10-6-7-11-21(19)29-16)30-27(35)32-25-26(34)33(2)23-13-12-18(28)15-20(23)24(31-25)17-8-4-3-5-9-17/h3-15,25H,1-2H3,(H2,29,30,32,35). The van der Waals surface area contributed by atoms with Crippen molar-refractivity contribution in [2.24, 2.45) is 4.99 Å². The number of amides is 1. The van der Waals surface area contributed by atoms with Gasteiger partial charge in [0.05, 0.1) is 22.6 Å². The highest BCUT2D eigenvalue weighted by Gasteiger charge is 2.30. The SMILES string of the molecule is Cc1cc(NC(=S)NC2N=C(c3ccccc3)c3cc(Cl)ccc3N(C)C2=O)c2ccccc2n1. The molecular weight excluding hydrogens is 478 g/mol. The molecule has 2 N–H and O–H groups in total. The lowest BCUT2D eigenvalue weighted by Gasteiger charge is -2.22. The summed E-state index contributed by atoms with van der Waals surface area (Å²) in [5.41, 5.74) is 5.56. The number of nitrogens with one attached hydrogen (secondary N) is 2. The van der Waals surface area contributed by atoms with Crippen LogP contribution in [0.1, 0.15) is 16.8 Å². The molecule has 5 rings (SSSR count). The van der Waals surface area contributed by atoms with Crippen LogP contribution in [0.3, 0.4) is 0 Å². The van der Waals surface area contributed by atoms with Crippen molar-refractivity contribution >= 4 is 62.8 Å². The topological polar surface area (TPSA) is 69.6 Å². The van der Waals surface area contributed by atoms with E-state index in [4.69, 9.17) is 28.8 Å². The average Bonchev–Trinajstić information content (AvgIpc) is 2.95. The molecule has 1 aliphatic rings. The molecule has 2 heterocycles. The third kappa shape index (κ3) is 4.60. The van der Waals surface area contributed by atoms with Gasteiger partial charge in [-0.3, -0.25) is 9.78 Å². The van der Waals surface area contributed by atoms with Crippen molar-refractivity contribution in [1.82, 2.24) is 10.3 Å². The predicted molar refractivity (Wildman–Crippen MR) is 147 cm³/mol. The van der Waals surface area contributed by atoms with Gasteiger partial charge in [0.2, 0.25) is 6.17 Å². The summed E-state index contributed by atoms with van der Waals surface area (Å²) in [7, 11) is 1.73. The summed E-state index contributed by atoms with van der Waals surface area (Å²) in [6, 6.07) is 24.9. The van der Waals surface area contributed by atoms with Gasteiger partial charge in [0, 0.05) is 34.3 Å². The predicted octanol–water partition coefficient (Wildman–Crippen LogP) is 5.32. The Kier molecular flexibility index (Phi) is 6.19. The molecule has 0 aliphatic carbocycles. The first-order chi connectivity index (χ1) is 16.9. The fraction of sp³-hybridized carbons (Fsp3) is 0.111. The first-order valence-electron chi connectivity index (χ1n) is 11.1. The number of rotatable bonds is 3. The van der Waals surface area contributed by atoms with Gasteiger partial charge < -0.3 is 15.5 Å². The summed E-state index contributed by atoms with van der Waals surface area (Å²) in [4.78, 5) is 24.4. The lowest BCUT2D eigenvalue weighted by molar-refractivity contribution is -0.119. The number of aromatic nitrogens is 1. The highest BCUT2D eigenvalue weighted by Crippen LogP contribution is 2.30. The normalized spacial score (nSPS) is 15.3. The van der Waals surface area contributed by atoms with Crippen LogP contribution in [0, 0.1) is 6.92 Å². The van der Waals surface area contributed by atoms with Crippen LogP contribution in [0.2, 0.25) is 5.02 Å². The van der Waals surface area contributed by atoms with Gasteiger partial charge >= 0.3 is 0 Å². The molecule has 1 atom stereocenters. The maximum absolute atomic E-state index is 13.5. The molecule has 0 radical (unpaired) electrons. The Bertz CT molecular complexity index is 1490. The molecule has 6 nitrogen and oxygen atoms in total. The van der Waals surface area contributed by atoms with E-state index in [1.165, 1.54) is 0 Å². The molecule has 1 aliphatic heterocycles. The summed E-state index contributed by atoms with van der Waals surface area (Å²) >= 11 is 11.9. The Morgan fingerprint density at radius 2 is 1.77 bits per heavy atom. The molecule has 3 aromatic carbocycles. The first kappa shape index (κ1) is 23.0. The number of halogens is 1. The van der Waals surface area contributed by atoms with Crippen LogP contribution in [-0.2, 0) is 4.79 Å². The molecule has 0 saturated carbocycles. The van der Waals surface area contributed by atoms with E-state index in [2.05, 4.69) is 15.6 Å². The number of aliphatic imine (C=N–C) groups is 1. The largest absolute Gasteiger partial charge is 0.333 e. The van der Waals surface area contributed by atoms with Crippen molar-refractivity contribution in [1.29, 1.82) is 0 Å². The summed E-state index contributed by atoms with van der Waals surface area (Å²) < 4.78 is 0. The Labute approximate surface area is 213 Å². The van der Waals surface area contributed by atoms with Crippen LogP contribution < -0.4 is 15.5 Å². The molecule has 0 spiro atoms. The van der Waals surface area contributed by atoms with E-state index in [-0.39, 0.29) is 11.0 Å². The second kappa shape index (κ2) is 9.44. The number of thiocarbonyl (C=S) groups is 1. The minimum Gasteiger partial charge on any atom is -0.333 e. The third-order valence-electron chi connectivity index (χ3n) is 5.81. The molecule has 1 aromatic heterocycles. The average molecular weight is 500 g/mol. The Morgan fingerprint density at radius 1 is 1.03 bits per heavy atom. The van der Waals surface area contributed by atoms with E-state index in [0.29, 0.717) is 10.7 Å². The molecule has 0 saturated heterocycles.